The first-order valence-electron chi connectivity index (χ1n) is 9.14. The smallest absolute Gasteiger partial charge is 0.269 e. The summed E-state index contributed by atoms with van der Waals surface area (Å²) in [6.07, 6.45) is 3.61. The molecule has 2 aromatic carbocycles. The molecule has 0 radical (unpaired) electrons. The second-order valence-electron chi connectivity index (χ2n) is 6.58. The largest absolute Gasteiger partial charge is 0.457 e. The number of hydrogen-bond donors (Lipinski definition) is 1. The summed E-state index contributed by atoms with van der Waals surface area (Å²) in [7, 11) is 1.57. The van der Waals surface area contributed by atoms with E-state index in [0.29, 0.717) is 17.2 Å². The zero-order chi connectivity index (χ0) is 20.7. The Balaban J connectivity index is 1.46. The minimum atomic E-state index is -0.253. The summed E-state index contributed by atoms with van der Waals surface area (Å²) < 4.78 is 10.2. The van der Waals surface area contributed by atoms with Gasteiger partial charge < -0.3 is 10.1 Å². The average Bonchev–Trinajstić information content (AvgIpc) is 3.31. The van der Waals surface area contributed by atoms with Crippen molar-refractivity contribution in [2.45, 2.75) is 0 Å². The van der Waals surface area contributed by atoms with Crippen LogP contribution in [-0.2, 0) is 0 Å². The van der Waals surface area contributed by atoms with Crippen LogP contribution in [0.15, 0.2) is 71.5 Å². The third-order valence-electron chi connectivity index (χ3n) is 4.63. The third kappa shape index (κ3) is 3.44. The van der Waals surface area contributed by atoms with E-state index < -0.39 is 0 Å². The number of imidazole rings is 1. The highest BCUT2D eigenvalue weighted by Gasteiger charge is 2.12. The van der Waals surface area contributed by atoms with Gasteiger partial charge in [-0.1, -0.05) is 39.4 Å². The molecular weight excluding hydrogens is 464 g/mol. The molecule has 5 rings (SSSR count). The fourth-order valence-corrected chi connectivity index (χ4v) is 4.47. The predicted molar refractivity (Wildman–Crippen MR) is 121 cm³/mol. The van der Waals surface area contributed by atoms with Crippen molar-refractivity contribution in [2.24, 2.45) is 0 Å². The van der Waals surface area contributed by atoms with Crippen LogP contribution < -0.4 is 10.1 Å². The van der Waals surface area contributed by atoms with Crippen LogP contribution in [0.1, 0.15) is 10.5 Å². The minimum Gasteiger partial charge on any atom is -0.457 e. The molecule has 0 aliphatic carbocycles. The van der Waals surface area contributed by atoms with Gasteiger partial charge in [-0.3, -0.25) is 14.2 Å². The molecule has 3 aromatic heterocycles. The first kappa shape index (κ1) is 18.8. The summed E-state index contributed by atoms with van der Waals surface area (Å²) in [5.41, 5.74) is 3.39. The SMILES string of the molecule is CNC(=O)c1cc(Oc2ccc3c(c2)sc2nc(-c4ccc(Br)cc4)cn23)ccn1. The summed E-state index contributed by atoms with van der Waals surface area (Å²) in [6, 6.07) is 17.4. The van der Waals surface area contributed by atoms with Crippen molar-refractivity contribution in [3.8, 4) is 22.8 Å². The molecule has 0 aliphatic rings. The Labute approximate surface area is 184 Å². The van der Waals surface area contributed by atoms with Crippen LogP contribution in [0.4, 0.5) is 0 Å². The molecule has 1 amide bonds. The number of fused-ring (bicyclic) bond motifs is 3. The zero-order valence-electron chi connectivity index (χ0n) is 15.8. The van der Waals surface area contributed by atoms with Crippen LogP contribution in [0.3, 0.4) is 0 Å². The van der Waals surface area contributed by atoms with Gasteiger partial charge in [0.15, 0.2) is 4.96 Å². The van der Waals surface area contributed by atoms with Gasteiger partial charge in [0.1, 0.15) is 17.2 Å². The lowest BCUT2D eigenvalue weighted by atomic mass is 10.2. The molecule has 148 valence electrons. The van der Waals surface area contributed by atoms with E-state index in [-0.39, 0.29) is 5.91 Å². The molecule has 0 saturated carbocycles. The number of carbonyl (C=O) groups excluding carboxylic acids is 1. The van der Waals surface area contributed by atoms with Crippen LogP contribution in [-0.4, -0.2) is 27.3 Å². The second-order valence-corrected chi connectivity index (χ2v) is 8.50. The number of pyridine rings is 1. The van der Waals surface area contributed by atoms with Gasteiger partial charge >= 0.3 is 0 Å². The average molecular weight is 479 g/mol. The Kier molecular flexibility index (Phi) is 4.72. The van der Waals surface area contributed by atoms with E-state index in [1.165, 1.54) is 0 Å². The van der Waals surface area contributed by atoms with Crippen molar-refractivity contribution in [3.63, 3.8) is 0 Å². The van der Waals surface area contributed by atoms with Crippen molar-refractivity contribution in [1.29, 1.82) is 0 Å². The monoisotopic (exact) mass is 478 g/mol. The third-order valence-corrected chi connectivity index (χ3v) is 6.18. The Morgan fingerprint density at radius 2 is 1.90 bits per heavy atom. The fourth-order valence-electron chi connectivity index (χ4n) is 3.17. The van der Waals surface area contributed by atoms with Crippen LogP contribution in [0.5, 0.6) is 11.5 Å². The van der Waals surface area contributed by atoms with E-state index in [0.717, 1.165) is 30.9 Å². The van der Waals surface area contributed by atoms with Gasteiger partial charge in [-0.15, -0.1) is 0 Å². The van der Waals surface area contributed by atoms with Gasteiger partial charge in [0, 0.05) is 41.6 Å². The minimum absolute atomic E-state index is 0.253. The standard InChI is InChI=1S/C22H15BrN4O2S/c1-24-21(28)17-10-16(8-9-25-17)29-15-6-7-19-20(11-15)30-22-26-18(12-27(19)22)13-2-4-14(23)5-3-13/h2-12H,1H3,(H,24,28). The van der Waals surface area contributed by atoms with Crippen LogP contribution in [0, 0.1) is 0 Å². The number of carbonyl (C=O) groups is 1. The van der Waals surface area contributed by atoms with Gasteiger partial charge in [0.25, 0.3) is 5.91 Å². The maximum Gasteiger partial charge on any atom is 0.269 e. The summed E-state index contributed by atoms with van der Waals surface area (Å²) in [5.74, 6) is 0.993. The van der Waals surface area contributed by atoms with E-state index >= 15 is 0 Å². The van der Waals surface area contributed by atoms with E-state index in [1.54, 1.807) is 36.7 Å². The van der Waals surface area contributed by atoms with E-state index in [1.807, 2.05) is 42.5 Å². The molecule has 5 aromatic rings. The lowest BCUT2D eigenvalue weighted by Gasteiger charge is -2.07. The quantitative estimate of drug-likeness (QED) is 0.368. The molecule has 0 spiro atoms. The number of hydrogen-bond acceptors (Lipinski definition) is 5. The molecule has 3 heterocycles. The topological polar surface area (TPSA) is 68.5 Å². The number of aromatic nitrogens is 3. The van der Waals surface area contributed by atoms with Crippen molar-refractivity contribution < 1.29 is 9.53 Å². The van der Waals surface area contributed by atoms with Crippen LogP contribution in [0.25, 0.3) is 26.4 Å². The first-order valence-corrected chi connectivity index (χ1v) is 10.8. The molecule has 30 heavy (non-hydrogen) atoms. The second kappa shape index (κ2) is 7.55. The number of amides is 1. The van der Waals surface area contributed by atoms with Crippen molar-refractivity contribution >= 4 is 48.4 Å². The Morgan fingerprint density at radius 1 is 1.10 bits per heavy atom. The molecule has 8 heteroatoms. The highest BCUT2D eigenvalue weighted by Crippen LogP contribution is 2.33. The fraction of sp³-hybridized carbons (Fsp3) is 0.0455. The van der Waals surface area contributed by atoms with Crippen LogP contribution in [0.2, 0.25) is 0 Å². The van der Waals surface area contributed by atoms with Crippen molar-refractivity contribution in [1.82, 2.24) is 19.7 Å². The molecule has 0 unspecified atom stereocenters. The van der Waals surface area contributed by atoms with Crippen LogP contribution >= 0.6 is 27.3 Å². The molecule has 1 N–H and O–H groups in total. The Hall–Kier alpha value is -3.23. The lowest BCUT2D eigenvalue weighted by molar-refractivity contribution is 0.0958. The maximum atomic E-state index is 11.8. The molecule has 0 saturated heterocycles. The predicted octanol–water partition coefficient (Wildman–Crippen LogP) is 5.53. The van der Waals surface area contributed by atoms with Gasteiger partial charge in [0.05, 0.1) is 15.9 Å². The number of nitrogens with one attached hydrogen (secondary N) is 1. The zero-order valence-corrected chi connectivity index (χ0v) is 18.2. The van der Waals surface area contributed by atoms with Crippen molar-refractivity contribution in [3.05, 3.63) is 77.2 Å². The summed E-state index contributed by atoms with van der Waals surface area (Å²) in [4.78, 5) is 21.5. The number of nitrogens with zero attached hydrogens (tertiary/aromatic N) is 3. The number of thiazole rings is 1. The number of ether oxygens (including phenoxy) is 1. The van der Waals surface area contributed by atoms with Gasteiger partial charge in [0.2, 0.25) is 0 Å². The summed E-state index contributed by atoms with van der Waals surface area (Å²) >= 11 is 5.07. The summed E-state index contributed by atoms with van der Waals surface area (Å²) in [6.45, 7) is 0. The van der Waals surface area contributed by atoms with Gasteiger partial charge in [-0.2, -0.15) is 0 Å². The summed E-state index contributed by atoms with van der Waals surface area (Å²) in [5, 5.41) is 2.56. The first-order chi connectivity index (χ1) is 14.6. The van der Waals surface area contributed by atoms with E-state index in [4.69, 9.17) is 9.72 Å². The van der Waals surface area contributed by atoms with E-state index in [9.17, 15) is 4.79 Å². The number of halogens is 1. The van der Waals surface area contributed by atoms with Crippen molar-refractivity contribution in [2.75, 3.05) is 7.05 Å². The van der Waals surface area contributed by atoms with Gasteiger partial charge in [-0.05, 0) is 30.3 Å². The molecule has 0 fully saturated rings. The van der Waals surface area contributed by atoms with E-state index in [2.05, 4.69) is 36.8 Å². The normalized spacial score (nSPS) is 11.1. The lowest BCUT2D eigenvalue weighted by Crippen LogP contribution is -2.18. The maximum absolute atomic E-state index is 11.8. The molecule has 6 nitrogen and oxygen atoms in total. The van der Waals surface area contributed by atoms with Gasteiger partial charge in [-0.25, -0.2) is 4.98 Å². The highest BCUT2D eigenvalue weighted by molar-refractivity contribution is 9.10. The Bertz CT molecular complexity index is 1390. The number of rotatable bonds is 4. The molecule has 0 aliphatic heterocycles. The highest BCUT2D eigenvalue weighted by atomic mass is 79.9. The molecule has 0 bridgehead atoms. The molecular formula is C22H15BrN4O2S. The Morgan fingerprint density at radius 3 is 2.70 bits per heavy atom. The molecule has 0 atom stereocenters. The number of benzene rings is 2.